The highest BCUT2D eigenvalue weighted by Gasteiger charge is 2.43. The molecule has 0 radical (unpaired) electrons. The number of hydrogen-bond acceptors (Lipinski definition) is 6. The van der Waals surface area contributed by atoms with Gasteiger partial charge in [-0.15, -0.1) is 0 Å². The molecule has 2 rings (SSSR count). The first-order valence-electron chi connectivity index (χ1n) is 7.34. The highest BCUT2D eigenvalue weighted by atomic mass is 16.5. The molecule has 1 aliphatic carbocycles. The number of ether oxygens (including phenoxy) is 1. The van der Waals surface area contributed by atoms with Gasteiger partial charge in [0.15, 0.2) is 0 Å². The Hall–Kier alpha value is -1.45. The van der Waals surface area contributed by atoms with Crippen LogP contribution in [-0.4, -0.2) is 28.5 Å². The van der Waals surface area contributed by atoms with Crippen molar-refractivity contribution in [3.63, 3.8) is 0 Å². The molecule has 1 atom stereocenters. The maximum Gasteiger partial charge on any atom is 0.229 e. The molecule has 6 heteroatoms. The SMILES string of the molecule is COC1(c2noc(CC(O)CC#N)n2)CCC(C)(C)CC1. The zero-order valence-electron chi connectivity index (χ0n) is 12.9. The van der Waals surface area contributed by atoms with E-state index in [1.807, 2.05) is 6.07 Å². The minimum atomic E-state index is -0.771. The van der Waals surface area contributed by atoms with Gasteiger partial charge in [-0.1, -0.05) is 19.0 Å². The van der Waals surface area contributed by atoms with Gasteiger partial charge in [-0.3, -0.25) is 0 Å². The molecule has 1 fully saturated rings. The molecule has 1 unspecified atom stereocenters. The Morgan fingerprint density at radius 2 is 2.05 bits per heavy atom. The Morgan fingerprint density at radius 1 is 1.38 bits per heavy atom. The zero-order chi connectivity index (χ0) is 15.5. The third kappa shape index (κ3) is 3.60. The molecule has 6 nitrogen and oxygen atoms in total. The summed E-state index contributed by atoms with van der Waals surface area (Å²) in [6.07, 6.45) is 3.29. The second-order valence-corrected chi connectivity index (χ2v) is 6.59. The van der Waals surface area contributed by atoms with Gasteiger partial charge in [-0.2, -0.15) is 10.2 Å². The van der Waals surface area contributed by atoms with Gasteiger partial charge in [-0.25, -0.2) is 0 Å². The predicted octanol–water partition coefficient (Wildman–Crippen LogP) is 2.33. The average molecular weight is 293 g/mol. The normalized spacial score (nSPS) is 21.7. The quantitative estimate of drug-likeness (QED) is 0.895. The van der Waals surface area contributed by atoms with Gasteiger partial charge < -0.3 is 14.4 Å². The van der Waals surface area contributed by atoms with E-state index in [9.17, 15) is 5.11 Å². The lowest BCUT2D eigenvalue weighted by atomic mass is 9.70. The van der Waals surface area contributed by atoms with Crippen molar-refractivity contribution in [1.29, 1.82) is 5.26 Å². The van der Waals surface area contributed by atoms with Gasteiger partial charge >= 0.3 is 0 Å². The lowest BCUT2D eigenvalue weighted by molar-refractivity contribution is -0.0740. The number of nitrogens with zero attached hydrogens (tertiary/aromatic N) is 3. The van der Waals surface area contributed by atoms with Crippen LogP contribution < -0.4 is 0 Å². The van der Waals surface area contributed by atoms with Crippen LogP contribution in [0.4, 0.5) is 0 Å². The smallest absolute Gasteiger partial charge is 0.229 e. The van der Waals surface area contributed by atoms with Crippen LogP contribution in [0.15, 0.2) is 4.52 Å². The molecule has 0 spiro atoms. The van der Waals surface area contributed by atoms with Crippen molar-refractivity contribution in [1.82, 2.24) is 10.1 Å². The summed E-state index contributed by atoms with van der Waals surface area (Å²) < 4.78 is 10.9. The third-order valence-electron chi connectivity index (χ3n) is 4.41. The van der Waals surface area contributed by atoms with Crippen LogP contribution in [-0.2, 0) is 16.8 Å². The Kier molecular flexibility index (Phi) is 4.64. The highest BCUT2D eigenvalue weighted by molar-refractivity contribution is 5.05. The molecule has 1 saturated carbocycles. The second kappa shape index (κ2) is 6.12. The molecule has 1 aromatic heterocycles. The van der Waals surface area contributed by atoms with Gasteiger partial charge in [0.2, 0.25) is 11.7 Å². The third-order valence-corrected chi connectivity index (χ3v) is 4.41. The maximum atomic E-state index is 9.63. The fourth-order valence-corrected chi connectivity index (χ4v) is 2.75. The number of aliphatic hydroxyl groups excluding tert-OH is 1. The highest BCUT2D eigenvalue weighted by Crippen LogP contribution is 2.46. The Labute approximate surface area is 125 Å². The first kappa shape index (κ1) is 15.9. The largest absolute Gasteiger partial charge is 0.392 e. The topological polar surface area (TPSA) is 92.2 Å². The molecule has 1 N–H and O–H groups in total. The zero-order valence-corrected chi connectivity index (χ0v) is 12.9. The second-order valence-electron chi connectivity index (χ2n) is 6.59. The van der Waals surface area contributed by atoms with E-state index in [2.05, 4.69) is 24.0 Å². The summed E-state index contributed by atoms with van der Waals surface area (Å²) in [4.78, 5) is 4.37. The number of aromatic nitrogens is 2. The van der Waals surface area contributed by atoms with Crippen molar-refractivity contribution in [2.75, 3.05) is 7.11 Å². The van der Waals surface area contributed by atoms with E-state index in [1.54, 1.807) is 7.11 Å². The van der Waals surface area contributed by atoms with Crippen molar-refractivity contribution < 1.29 is 14.4 Å². The van der Waals surface area contributed by atoms with Crippen molar-refractivity contribution in [3.8, 4) is 6.07 Å². The molecule has 0 bridgehead atoms. The van der Waals surface area contributed by atoms with Gasteiger partial charge in [0.25, 0.3) is 0 Å². The van der Waals surface area contributed by atoms with E-state index in [-0.39, 0.29) is 12.8 Å². The summed E-state index contributed by atoms with van der Waals surface area (Å²) in [5, 5.41) is 22.2. The van der Waals surface area contributed by atoms with E-state index in [0.717, 1.165) is 25.7 Å². The van der Waals surface area contributed by atoms with E-state index in [1.165, 1.54) is 0 Å². The lowest BCUT2D eigenvalue weighted by Gasteiger charge is -2.40. The molecule has 0 saturated heterocycles. The predicted molar refractivity (Wildman–Crippen MR) is 75.2 cm³/mol. The van der Waals surface area contributed by atoms with Crippen LogP contribution in [0.1, 0.15) is 57.7 Å². The standard InChI is InChI=1S/C15H23N3O3/c1-14(2)5-7-15(20-3,8-6-14)13-17-12(21-18-13)10-11(19)4-9-16/h11,19H,4-8,10H2,1-3H3. The number of rotatable bonds is 5. The fraction of sp³-hybridized carbons (Fsp3) is 0.800. The van der Waals surface area contributed by atoms with E-state index in [4.69, 9.17) is 14.5 Å². The molecular weight excluding hydrogens is 270 g/mol. The number of nitriles is 1. The summed E-state index contributed by atoms with van der Waals surface area (Å²) in [7, 11) is 1.68. The van der Waals surface area contributed by atoms with E-state index >= 15 is 0 Å². The van der Waals surface area contributed by atoms with Gasteiger partial charge in [-0.05, 0) is 31.1 Å². The van der Waals surface area contributed by atoms with Gasteiger partial charge in [0.1, 0.15) is 5.60 Å². The molecule has 21 heavy (non-hydrogen) atoms. The summed E-state index contributed by atoms with van der Waals surface area (Å²) in [6.45, 7) is 4.51. The van der Waals surface area contributed by atoms with Crippen LogP contribution in [0.5, 0.6) is 0 Å². The van der Waals surface area contributed by atoms with Crippen LogP contribution in [0.25, 0.3) is 0 Å². The molecule has 0 aromatic carbocycles. The lowest BCUT2D eigenvalue weighted by Crippen LogP contribution is -2.37. The summed E-state index contributed by atoms with van der Waals surface area (Å²) in [6, 6.07) is 1.92. The summed E-state index contributed by atoms with van der Waals surface area (Å²) in [5.74, 6) is 0.911. The maximum absolute atomic E-state index is 9.63. The molecule has 1 aliphatic rings. The van der Waals surface area contributed by atoms with Crippen molar-refractivity contribution in [2.24, 2.45) is 5.41 Å². The Balaban J connectivity index is 2.10. The average Bonchev–Trinajstić information content (AvgIpc) is 2.89. The van der Waals surface area contributed by atoms with Crippen LogP contribution in [0.2, 0.25) is 0 Å². The number of methoxy groups -OCH3 is 1. The Morgan fingerprint density at radius 3 is 2.62 bits per heavy atom. The first-order valence-corrected chi connectivity index (χ1v) is 7.34. The monoisotopic (exact) mass is 293 g/mol. The molecule has 116 valence electrons. The van der Waals surface area contributed by atoms with Gasteiger partial charge in [0, 0.05) is 7.11 Å². The van der Waals surface area contributed by atoms with Gasteiger partial charge in [0.05, 0.1) is 25.0 Å². The van der Waals surface area contributed by atoms with E-state index in [0.29, 0.717) is 17.1 Å². The fourth-order valence-electron chi connectivity index (χ4n) is 2.75. The summed E-state index contributed by atoms with van der Waals surface area (Å²) in [5.41, 5.74) is -0.172. The molecule has 1 heterocycles. The Bertz CT molecular complexity index is 508. The van der Waals surface area contributed by atoms with Crippen LogP contribution in [0, 0.1) is 16.7 Å². The van der Waals surface area contributed by atoms with E-state index < -0.39 is 11.7 Å². The molecule has 0 aliphatic heterocycles. The first-order chi connectivity index (χ1) is 9.91. The molecular formula is C15H23N3O3. The van der Waals surface area contributed by atoms with Crippen molar-refractivity contribution in [2.45, 2.75) is 64.1 Å². The molecule has 1 aromatic rings. The van der Waals surface area contributed by atoms with Crippen LogP contribution in [0.3, 0.4) is 0 Å². The number of aliphatic hydroxyl groups is 1. The summed E-state index contributed by atoms with van der Waals surface area (Å²) >= 11 is 0. The van der Waals surface area contributed by atoms with Crippen LogP contribution >= 0.6 is 0 Å². The minimum absolute atomic E-state index is 0.0569. The van der Waals surface area contributed by atoms with Crippen molar-refractivity contribution >= 4 is 0 Å². The number of hydrogen-bond donors (Lipinski definition) is 1. The molecule has 0 amide bonds. The minimum Gasteiger partial charge on any atom is -0.392 e. The van der Waals surface area contributed by atoms with Crippen molar-refractivity contribution in [3.05, 3.63) is 11.7 Å².